The number of nitrogens with one attached hydrogen (secondary N) is 2. The third-order valence-corrected chi connectivity index (χ3v) is 8.66. The van der Waals surface area contributed by atoms with Crippen molar-refractivity contribution in [2.24, 2.45) is 17.4 Å². The van der Waals surface area contributed by atoms with E-state index in [1.807, 2.05) is 0 Å². The fourth-order valence-electron chi connectivity index (χ4n) is 6.36. The van der Waals surface area contributed by atoms with Crippen LogP contribution in [0.2, 0.25) is 0 Å². The number of hydrogen-bond acceptors (Lipinski definition) is 10. The van der Waals surface area contributed by atoms with Gasteiger partial charge in [0.05, 0.1) is 24.0 Å². The third-order valence-electron chi connectivity index (χ3n) is 8.66. The summed E-state index contributed by atoms with van der Waals surface area (Å²) in [6.07, 6.45) is 5.97. The summed E-state index contributed by atoms with van der Waals surface area (Å²) in [6, 6.07) is -3.56. The number of aliphatic hydroxyl groups excluding tert-OH is 1. The lowest BCUT2D eigenvalue weighted by Crippen LogP contribution is -2.57. The van der Waals surface area contributed by atoms with Gasteiger partial charge in [-0.1, -0.05) is 43.7 Å². The first-order valence-corrected chi connectivity index (χ1v) is 16.4. The number of likely N-dealkylation sites (tertiary alicyclic amines) is 1. The largest absolute Gasteiger partial charge is 0.444 e. The second-order valence-corrected chi connectivity index (χ2v) is 14.2. The minimum atomic E-state index is -1.65. The van der Waals surface area contributed by atoms with E-state index in [9.17, 15) is 29.4 Å². The molecule has 1 aromatic heterocycles. The molecule has 1 saturated carbocycles. The van der Waals surface area contributed by atoms with Gasteiger partial charge in [-0.3, -0.25) is 14.4 Å². The fourth-order valence-corrected chi connectivity index (χ4v) is 6.36. The molecule has 260 valence electrons. The van der Waals surface area contributed by atoms with Crippen molar-refractivity contribution in [3.63, 3.8) is 0 Å². The first-order valence-electron chi connectivity index (χ1n) is 16.4. The lowest BCUT2D eigenvalue weighted by Gasteiger charge is -2.33. The number of hydrogen-bond donors (Lipinski definition) is 6. The highest BCUT2D eigenvalue weighted by molar-refractivity contribution is 5.92. The minimum absolute atomic E-state index is 0.0384. The van der Waals surface area contributed by atoms with E-state index in [0.29, 0.717) is 31.5 Å². The van der Waals surface area contributed by atoms with Gasteiger partial charge in [-0.15, -0.1) is 5.10 Å². The normalized spacial score (nSPS) is 21.3. The molecule has 0 radical (unpaired) electrons. The average Bonchev–Trinajstić information content (AvgIpc) is 3.63. The van der Waals surface area contributed by atoms with E-state index in [4.69, 9.17) is 16.2 Å². The van der Waals surface area contributed by atoms with Gasteiger partial charge in [0, 0.05) is 13.0 Å². The van der Waals surface area contributed by atoms with Crippen LogP contribution in [0.3, 0.4) is 0 Å². The smallest absolute Gasteiger partial charge is 0.408 e. The SMILES string of the molecule is CC(C)(C)OC(=O)N[C@H](CC1CCCCC1)C(=O)N1C[C@@H](n2nncc2C(C)(C)O)C[C@H]1C(=O)NC(CCCCN)C(O)C(N)=O. The Kier molecular flexibility index (Phi) is 12.9. The van der Waals surface area contributed by atoms with Gasteiger partial charge in [0.2, 0.25) is 17.7 Å². The van der Waals surface area contributed by atoms with Crippen LogP contribution >= 0.6 is 0 Å². The molecule has 1 aromatic rings. The first-order chi connectivity index (χ1) is 21.5. The van der Waals surface area contributed by atoms with Crippen molar-refractivity contribution in [3.8, 4) is 0 Å². The highest BCUT2D eigenvalue weighted by atomic mass is 16.6. The highest BCUT2D eigenvalue weighted by Gasteiger charge is 2.45. The summed E-state index contributed by atoms with van der Waals surface area (Å²) < 4.78 is 7.01. The van der Waals surface area contributed by atoms with E-state index >= 15 is 0 Å². The number of amides is 4. The molecule has 4 amide bonds. The summed E-state index contributed by atoms with van der Waals surface area (Å²) in [7, 11) is 0. The standard InChI is InChI=1S/C31H54N8O7/c1-30(2,3)46-29(44)36-22(15-19-11-7-6-8-12-19)28(43)38-18-20(39-24(17-34-37-39)31(4,5)45)16-23(38)27(42)35-21(13-9-10-14-32)25(40)26(33)41/h17,19-23,25,40,45H,6-16,18,32H2,1-5H3,(H2,33,41)(H,35,42)(H,36,44)/t20-,21?,22+,23-,25?/m0/s1. The Balaban J connectivity index is 1.96. The molecule has 15 nitrogen and oxygen atoms in total. The Morgan fingerprint density at radius 1 is 1.09 bits per heavy atom. The molecule has 2 heterocycles. The molecule has 5 atom stereocenters. The summed E-state index contributed by atoms with van der Waals surface area (Å²) in [6.45, 7) is 8.82. The maximum Gasteiger partial charge on any atom is 0.408 e. The van der Waals surface area contributed by atoms with Crippen LogP contribution in [-0.4, -0.2) is 96.8 Å². The number of nitrogens with two attached hydrogens (primary N) is 2. The number of carbonyl (C=O) groups is 4. The maximum absolute atomic E-state index is 14.4. The molecule has 8 N–H and O–H groups in total. The van der Waals surface area contributed by atoms with E-state index in [0.717, 1.165) is 32.1 Å². The topological polar surface area (TPSA) is 228 Å². The van der Waals surface area contributed by atoms with Gasteiger partial charge in [0.15, 0.2) is 6.10 Å². The van der Waals surface area contributed by atoms with Gasteiger partial charge < -0.3 is 42.0 Å². The van der Waals surface area contributed by atoms with E-state index in [2.05, 4.69) is 20.9 Å². The van der Waals surface area contributed by atoms with E-state index in [1.54, 1.807) is 34.6 Å². The van der Waals surface area contributed by atoms with Crippen LogP contribution in [0.4, 0.5) is 4.79 Å². The number of ether oxygens (including phenoxy) is 1. The molecular weight excluding hydrogens is 596 g/mol. The predicted octanol–water partition coefficient (Wildman–Crippen LogP) is 0.971. The molecule has 0 aromatic carbocycles. The van der Waals surface area contributed by atoms with Crippen LogP contribution in [0.25, 0.3) is 0 Å². The number of aromatic nitrogens is 3. The zero-order valence-electron chi connectivity index (χ0n) is 27.9. The molecule has 3 rings (SSSR count). The van der Waals surface area contributed by atoms with Crippen LogP contribution in [0.1, 0.15) is 111 Å². The molecule has 1 saturated heterocycles. The molecule has 1 aliphatic heterocycles. The Morgan fingerprint density at radius 2 is 1.76 bits per heavy atom. The van der Waals surface area contributed by atoms with E-state index in [1.165, 1.54) is 15.8 Å². The molecule has 2 fully saturated rings. The first kappa shape index (κ1) is 37.2. The predicted molar refractivity (Wildman–Crippen MR) is 169 cm³/mol. The van der Waals surface area contributed by atoms with Crippen molar-refractivity contribution in [3.05, 3.63) is 11.9 Å². The van der Waals surface area contributed by atoms with Crippen LogP contribution in [0.15, 0.2) is 6.20 Å². The van der Waals surface area contributed by atoms with E-state index < -0.39 is 65.3 Å². The van der Waals surface area contributed by atoms with Crippen LogP contribution in [0, 0.1) is 5.92 Å². The van der Waals surface area contributed by atoms with Gasteiger partial charge in [-0.25, -0.2) is 9.48 Å². The summed E-state index contributed by atoms with van der Waals surface area (Å²) in [5.41, 5.74) is 9.31. The Labute approximate surface area is 271 Å². The van der Waals surface area contributed by atoms with Gasteiger partial charge in [0.1, 0.15) is 23.3 Å². The Morgan fingerprint density at radius 3 is 2.35 bits per heavy atom. The monoisotopic (exact) mass is 650 g/mol. The molecule has 15 heteroatoms. The van der Waals surface area contributed by atoms with Gasteiger partial charge in [-0.05, 0) is 66.3 Å². The van der Waals surface area contributed by atoms with E-state index in [-0.39, 0.29) is 25.3 Å². The van der Waals surface area contributed by atoms with Crippen LogP contribution in [0.5, 0.6) is 0 Å². The molecular formula is C31H54N8O7. The Hall–Kier alpha value is -3.30. The van der Waals surface area contributed by atoms with Crippen molar-refractivity contribution < 1.29 is 34.1 Å². The lowest BCUT2D eigenvalue weighted by molar-refractivity contribution is -0.141. The van der Waals surface area contributed by atoms with Crippen molar-refractivity contribution in [2.45, 2.75) is 140 Å². The zero-order chi connectivity index (χ0) is 34.2. The number of carbonyl (C=O) groups excluding carboxylic acids is 4. The van der Waals surface area contributed by atoms with Crippen molar-refractivity contribution in [1.82, 2.24) is 30.5 Å². The summed E-state index contributed by atoms with van der Waals surface area (Å²) in [4.78, 5) is 54.6. The third kappa shape index (κ3) is 10.4. The molecule has 0 bridgehead atoms. The highest BCUT2D eigenvalue weighted by Crippen LogP contribution is 2.33. The molecule has 1 aliphatic carbocycles. The van der Waals surface area contributed by atoms with Crippen molar-refractivity contribution >= 4 is 23.8 Å². The maximum atomic E-state index is 14.4. The molecule has 2 aliphatic rings. The van der Waals surface area contributed by atoms with Crippen LogP contribution in [-0.2, 0) is 24.7 Å². The number of rotatable bonds is 14. The second kappa shape index (κ2) is 16.0. The number of primary amides is 1. The summed E-state index contributed by atoms with van der Waals surface area (Å²) in [5, 5.41) is 35.0. The average molecular weight is 651 g/mol. The fraction of sp³-hybridized carbons (Fsp3) is 0.806. The number of alkyl carbamates (subject to hydrolysis) is 1. The summed E-state index contributed by atoms with van der Waals surface area (Å²) in [5.74, 6) is -1.83. The molecule has 2 unspecified atom stereocenters. The molecule has 46 heavy (non-hydrogen) atoms. The number of nitrogens with zero attached hydrogens (tertiary/aromatic N) is 4. The number of unbranched alkanes of at least 4 members (excludes halogenated alkanes) is 1. The quantitative estimate of drug-likeness (QED) is 0.156. The molecule has 0 spiro atoms. The van der Waals surface area contributed by atoms with Gasteiger partial charge in [-0.2, -0.15) is 0 Å². The van der Waals surface area contributed by atoms with Crippen LogP contribution < -0.4 is 22.1 Å². The Bertz CT molecular complexity index is 1190. The summed E-state index contributed by atoms with van der Waals surface area (Å²) >= 11 is 0. The van der Waals surface area contributed by atoms with Gasteiger partial charge in [0.25, 0.3) is 0 Å². The minimum Gasteiger partial charge on any atom is -0.444 e. The zero-order valence-corrected chi connectivity index (χ0v) is 27.9. The number of aliphatic hydroxyl groups is 2. The van der Waals surface area contributed by atoms with Crippen molar-refractivity contribution in [2.75, 3.05) is 13.1 Å². The second-order valence-electron chi connectivity index (χ2n) is 14.2. The van der Waals surface area contributed by atoms with Crippen molar-refractivity contribution in [1.29, 1.82) is 0 Å². The lowest BCUT2D eigenvalue weighted by atomic mass is 9.84. The van der Waals surface area contributed by atoms with Gasteiger partial charge >= 0.3 is 6.09 Å².